The molecule has 4 fully saturated rings. The van der Waals surface area contributed by atoms with E-state index in [1.807, 2.05) is 6.92 Å². The van der Waals surface area contributed by atoms with Crippen LogP contribution in [-0.2, 0) is 38.0 Å². The molecule has 133 heavy (non-hydrogen) atoms. The number of amides is 1. The average molecular weight is 1900 g/mol. The molecule has 0 aromatic heterocycles. The number of aldehydes is 1. The number of benzene rings is 8. The second kappa shape index (κ2) is 50.0. The van der Waals surface area contributed by atoms with Gasteiger partial charge in [0.15, 0.2) is 42.8 Å². The van der Waals surface area contributed by atoms with Crippen LogP contribution in [0.4, 0.5) is 75.0 Å². The van der Waals surface area contributed by atoms with Crippen molar-refractivity contribution in [1.29, 1.82) is 0 Å². The Morgan fingerprint density at radius 1 is 0.466 bits per heavy atom. The zero-order chi connectivity index (χ0) is 98.6. The van der Waals surface area contributed by atoms with Crippen molar-refractivity contribution in [3.63, 3.8) is 0 Å². The highest BCUT2D eigenvalue weighted by molar-refractivity contribution is 5.82. The Morgan fingerprint density at radius 2 is 0.827 bits per heavy atom. The highest BCUT2D eigenvalue weighted by Crippen LogP contribution is 2.40. The van der Waals surface area contributed by atoms with Crippen LogP contribution < -0.4 is 5.32 Å². The highest BCUT2D eigenvalue weighted by atomic mass is 19.2. The molecule has 8 aromatic carbocycles. The van der Waals surface area contributed by atoms with E-state index in [9.17, 15) is 151 Å². The van der Waals surface area contributed by atoms with Crippen molar-refractivity contribution in [2.75, 3.05) is 26.4 Å². The third kappa shape index (κ3) is 32.5. The van der Waals surface area contributed by atoms with Crippen LogP contribution in [0.15, 0.2) is 170 Å². The summed E-state index contributed by atoms with van der Waals surface area (Å²) in [6.07, 6.45) is -4.56. The molecule has 6 heterocycles. The monoisotopic (exact) mass is 1900 g/mol. The zero-order valence-corrected chi connectivity index (χ0v) is 70.0. The predicted molar refractivity (Wildman–Crippen MR) is 430 cm³/mol. The number of nitro groups is 5. The van der Waals surface area contributed by atoms with Crippen LogP contribution in [0.2, 0.25) is 0 Å². The first-order valence-electron chi connectivity index (χ1n) is 39.7. The highest BCUT2D eigenvalue weighted by Gasteiger charge is 2.45. The van der Waals surface area contributed by atoms with E-state index >= 15 is 0 Å². The SMILES string of the molecule is CC(C)(C)OC(=O)N[C@H]1CC(=O)CO[C@@H]1c1cc(F)ccc1F.C[C@H]1CC(O)CO[C@@H]1c1cc(F)ccc1F.O=Cc1cc(F)ccc1F.O=[N+]([O-])C1CC=CO[C@@H]1c1cc(F)ccc1F.O=[N+]([O-])C1CCC(O)O[C@@H]1c1cc(F)ccc1F.O=[N+]([O-])C[C@H](O)c1cc(F)ccc1F.O=[N+]([O-])[C@H]1CC(O)CO[C@@H]1c1cc(F)ccc1F.O=[N+]([O-])[C@H]1CC=CO[C@@H]1c1cc(F)ccc1F. The summed E-state index contributed by atoms with van der Waals surface area (Å²) < 4.78 is 246. The molecule has 8 aromatic rings. The molecular weight excluding hydrogens is 1820 g/mol. The molecule has 1 amide bonds. The van der Waals surface area contributed by atoms with Gasteiger partial charge in [0, 0.05) is 102 Å². The molecule has 4 saturated heterocycles. The summed E-state index contributed by atoms with van der Waals surface area (Å²) in [6.45, 7) is 5.91. The second-order valence-corrected chi connectivity index (χ2v) is 30.8. The first-order valence-corrected chi connectivity index (χ1v) is 39.7. The number of aliphatic hydroxyl groups is 4. The van der Waals surface area contributed by atoms with Crippen LogP contribution in [0.1, 0.15) is 165 Å². The van der Waals surface area contributed by atoms with Gasteiger partial charge in [-0.25, -0.2) is 75.0 Å². The smallest absolute Gasteiger partial charge is 0.407 e. The van der Waals surface area contributed by atoms with Gasteiger partial charge in [-0.05, 0) is 191 Å². The van der Waals surface area contributed by atoms with Gasteiger partial charge in [-0.2, -0.15) is 0 Å². The Balaban J connectivity index is 0.000000209. The normalized spacial score (nSPS) is 23.0. The van der Waals surface area contributed by atoms with Gasteiger partial charge in [0.1, 0.15) is 117 Å². The maximum absolute atomic E-state index is 14.0. The fraction of sp³-hybridized carbons (Fsp3) is 0.368. The van der Waals surface area contributed by atoms with Crippen molar-refractivity contribution in [2.45, 2.75) is 170 Å². The summed E-state index contributed by atoms with van der Waals surface area (Å²) in [5.74, 6) is -11.1. The summed E-state index contributed by atoms with van der Waals surface area (Å²) in [5.41, 5.74) is -1.87. The van der Waals surface area contributed by atoms with E-state index in [1.165, 1.54) is 24.7 Å². The Bertz CT molecular complexity index is 5350. The zero-order valence-electron chi connectivity index (χ0n) is 70.0. The molecule has 0 spiro atoms. The topological polar surface area (TPSA) is 424 Å². The molecule has 5 N–H and O–H groups in total. The van der Waals surface area contributed by atoms with Gasteiger partial charge >= 0.3 is 6.09 Å². The Kier molecular flexibility index (Phi) is 40.3. The van der Waals surface area contributed by atoms with Crippen molar-refractivity contribution in [3.8, 4) is 0 Å². The minimum absolute atomic E-state index is 0.0277. The van der Waals surface area contributed by atoms with Gasteiger partial charge in [-0.3, -0.25) is 60.2 Å². The number of rotatable bonds is 15. The fourth-order valence-electron chi connectivity index (χ4n) is 13.6. The van der Waals surface area contributed by atoms with Crippen LogP contribution in [-0.4, -0.2) is 144 Å². The number of aliphatic hydroxyl groups excluding tert-OH is 4. The van der Waals surface area contributed by atoms with E-state index in [0.717, 1.165) is 146 Å². The van der Waals surface area contributed by atoms with E-state index in [0.29, 0.717) is 6.42 Å². The first kappa shape index (κ1) is 107. The minimum atomic E-state index is -1.62. The fourth-order valence-corrected chi connectivity index (χ4v) is 13.6. The number of ketones is 1. The lowest BCUT2D eigenvalue weighted by Crippen LogP contribution is -2.47. The van der Waals surface area contributed by atoms with Crippen LogP contribution in [0.5, 0.6) is 0 Å². The molecule has 5 unspecified atom stereocenters. The molecule has 0 radical (unpaired) electrons. The van der Waals surface area contributed by atoms with Crippen LogP contribution in [0, 0.1) is 150 Å². The largest absolute Gasteiger partial charge is 0.486 e. The summed E-state index contributed by atoms with van der Waals surface area (Å²) >= 11 is 0. The van der Waals surface area contributed by atoms with Gasteiger partial charge in [0.2, 0.25) is 18.6 Å². The minimum Gasteiger partial charge on any atom is -0.486 e. The molecule has 30 nitrogen and oxygen atoms in total. The number of alkyl carbamates (subject to hydrolysis) is 1. The van der Waals surface area contributed by atoms with Crippen LogP contribution in [0.25, 0.3) is 0 Å². The van der Waals surface area contributed by atoms with Crippen LogP contribution >= 0.6 is 0 Å². The molecule has 46 heteroatoms. The molecule has 14 rings (SSSR count). The number of nitrogens with one attached hydrogen (secondary N) is 1. The third-order valence-electron chi connectivity index (χ3n) is 19.8. The van der Waals surface area contributed by atoms with E-state index in [-0.39, 0.29) is 115 Å². The quantitative estimate of drug-likeness (QED) is 0.0275. The molecule has 6 aliphatic heterocycles. The summed E-state index contributed by atoms with van der Waals surface area (Å²) in [6, 6.07) is 17.0. The molecule has 0 bridgehead atoms. The van der Waals surface area contributed by atoms with E-state index in [2.05, 4.69) is 5.32 Å². The molecule has 16 atom stereocenters. The van der Waals surface area contributed by atoms with E-state index < -0.39 is 233 Å². The van der Waals surface area contributed by atoms with Crippen molar-refractivity contribution < 1.29 is 163 Å². The second-order valence-electron chi connectivity index (χ2n) is 30.8. The number of Topliss-reactive ketones (excluding diaryl/α,β-unsaturated/α-hetero) is 1. The lowest BCUT2D eigenvalue weighted by molar-refractivity contribution is -0.547. The van der Waals surface area contributed by atoms with Crippen molar-refractivity contribution >= 4 is 18.2 Å². The molecule has 0 aliphatic carbocycles. The first-order chi connectivity index (χ1) is 62.6. The maximum atomic E-state index is 14.0. The third-order valence-corrected chi connectivity index (χ3v) is 19.8. The maximum Gasteiger partial charge on any atom is 0.407 e. The summed E-state index contributed by atoms with van der Waals surface area (Å²) in [7, 11) is 0. The standard InChI is InChI=1S/C16H19F2NO4.C12H14F2O2.2C11H11F2NO4.2C11H9F2NO3.C8H7F2NO3.C7H4F2O/c1-16(2,3)23-15(21)19-13-7-10(20)8-22-14(13)11-6-9(17)4-5-12(11)18;1-7-4-9(15)6-16-12(7)10-5-8(13)2-3-11(10)14;12-6-1-2-9(13)8(3-6)11-10(14(16)17)4-7(15)5-18-11;12-6-1-2-8(13)7(5-6)11-9(14(16)17)3-4-10(15)18-11;2*12-7-3-4-9(13)8(6-7)11-10(14(15)16)2-1-5-17-11;9-5-1-2-7(10)6(3-5)8(12)4-11(13)14;8-6-1-2-7(9)5(3-6)4-10/h4-6,13-14H,7-8H2,1-3H3,(H,19,21);2-3,5,7,9,12,15H,4,6H2,1H3;1-3,7,10-11,15H,4-5H2;1-2,5,9-11,15H,3-4H2;2*1,3-6,10-11H,2H2;1-3,8,12H,4H2;1-4H/t13-,14+;7-,9?,12-;7?,10-,11+;9?,10?,11-;10?,11-;10-,11+;8-;/m0001100./s1. The van der Waals surface area contributed by atoms with Crippen molar-refractivity contribution in [2.24, 2.45) is 5.92 Å². The van der Waals surface area contributed by atoms with Crippen LogP contribution in [0.3, 0.4) is 0 Å². The molecule has 718 valence electrons. The van der Waals surface area contributed by atoms with Crippen molar-refractivity contribution in [1.82, 2.24) is 5.32 Å². The van der Waals surface area contributed by atoms with Gasteiger partial charge in [-0.15, -0.1) is 0 Å². The average Bonchev–Trinajstić information content (AvgIpc) is 0.786. The van der Waals surface area contributed by atoms with Crippen molar-refractivity contribution in [3.05, 3.63) is 358 Å². The number of halogens is 16. The molecular formula is C87H84F16N6O24. The van der Waals surface area contributed by atoms with Gasteiger partial charge in [0.05, 0.1) is 55.7 Å². The number of nitrogens with zero attached hydrogens (tertiary/aromatic N) is 5. The van der Waals surface area contributed by atoms with E-state index in [1.54, 1.807) is 20.8 Å². The number of carbonyl (C=O) groups excluding carboxylic acids is 3. The lowest BCUT2D eigenvalue weighted by Gasteiger charge is -2.32. The number of hydrogen-bond acceptors (Lipinski definition) is 24. The van der Waals surface area contributed by atoms with Gasteiger partial charge in [0.25, 0.3) is 12.1 Å². The molecule has 6 aliphatic rings. The van der Waals surface area contributed by atoms with Gasteiger partial charge < -0.3 is 58.9 Å². The lowest BCUT2D eigenvalue weighted by atomic mass is 9.90. The van der Waals surface area contributed by atoms with Gasteiger partial charge in [-0.1, -0.05) is 6.92 Å². The van der Waals surface area contributed by atoms with E-state index in [4.69, 9.17) is 38.3 Å². The molecule has 0 saturated carbocycles. The summed E-state index contributed by atoms with van der Waals surface area (Å²) in [4.78, 5) is 83.7. The predicted octanol–water partition coefficient (Wildman–Crippen LogP) is 16.7. The number of ether oxygens (including phenoxy) is 7. The Labute approximate surface area is 744 Å². The summed E-state index contributed by atoms with van der Waals surface area (Å²) in [5, 5.41) is 93.1. The Morgan fingerprint density at radius 3 is 1.22 bits per heavy atom. The Hall–Kier alpha value is -13.0. The number of carbonyl (C=O) groups is 3. The number of hydrogen-bond donors (Lipinski definition) is 5.